The summed E-state index contributed by atoms with van der Waals surface area (Å²) in [6.45, 7) is 8.80. The van der Waals surface area contributed by atoms with Crippen molar-refractivity contribution in [3.05, 3.63) is 59.9 Å². The summed E-state index contributed by atoms with van der Waals surface area (Å²) < 4.78 is 5.34. The number of amides is 1. The van der Waals surface area contributed by atoms with Crippen LogP contribution in [0, 0.1) is 11.3 Å². The number of methoxy groups -OCH3 is 1. The van der Waals surface area contributed by atoms with Gasteiger partial charge in [-0.2, -0.15) is 0 Å². The van der Waals surface area contributed by atoms with Crippen molar-refractivity contribution in [2.45, 2.75) is 46.2 Å². The van der Waals surface area contributed by atoms with Gasteiger partial charge in [0.15, 0.2) is 0 Å². The first-order valence-corrected chi connectivity index (χ1v) is 10.4. The summed E-state index contributed by atoms with van der Waals surface area (Å²) in [7, 11) is 1.70. The highest BCUT2D eigenvalue weighted by Crippen LogP contribution is 2.31. The van der Waals surface area contributed by atoms with Gasteiger partial charge in [-0.15, -0.1) is 0 Å². The first-order chi connectivity index (χ1) is 13.9. The summed E-state index contributed by atoms with van der Waals surface area (Å²) in [5.74, 6) is 1.36. The third-order valence-corrected chi connectivity index (χ3v) is 5.62. The summed E-state index contributed by atoms with van der Waals surface area (Å²) in [6, 6.07) is 14.2. The van der Waals surface area contributed by atoms with E-state index in [1.54, 1.807) is 7.11 Å². The number of nitrogens with one attached hydrogen (secondary N) is 1. The van der Waals surface area contributed by atoms with E-state index in [1.165, 1.54) is 5.56 Å². The topological polar surface area (TPSA) is 54.5 Å². The Morgan fingerprint density at radius 1 is 1.21 bits per heavy atom. The summed E-state index contributed by atoms with van der Waals surface area (Å²) in [5.41, 5.74) is 1.81. The van der Waals surface area contributed by atoms with Crippen LogP contribution in [0.15, 0.2) is 48.7 Å². The van der Waals surface area contributed by atoms with Crippen LogP contribution in [-0.4, -0.2) is 36.0 Å². The third-order valence-electron chi connectivity index (χ3n) is 5.62. The molecule has 0 radical (unpaired) electrons. The molecule has 0 aliphatic carbocycles. The van der Waals surface area contributed by atoms with Gasteiger partial charge in [-0.05, 0) is 61.7 Å². The zero-order valence-electron chi connectivity index (χ0n) is 18.0. The van der Waals surface area contributed by atoms with E-state index in [4.69, 9.17) is 4.74 Å². The molecule has 1 aliphatic heterocycles. The molecule has 0 unspecified atom stereocenters. The monoisotopic (exact) mass is 395 g/mol. The van der Waals surface area contributed by atoms with E-state index in [-0.39, 0.29) is 11.9 Å². The molecular formula is C24H33N3O2. The summed E-state index contributed by atoms with van der Waals surface area (Å²) >= 11 is 0. The Labute approximate surface area is 174 Å². The minimum absolute atomic E-state index is 0.0399. The maximum Gasteiger partial charge on any atom is 0.225 e. The summed E-state index contributed by atoms with van der Waals surface area (Å²) in [5, 5.41) is 3.29. The fourth-order valence-electron chi connectivity index (χ4n) is 3.82. The molecule has 0 saturated carbocycles. The quantitative estimate of drug-likeness (QED) is 0.796. The molecule has 2 heterocycles. The molecule has 2 aromatic rings. The SMILES string of the molecule is COc1cccc(CN2CCC([C@@H](NC(=O)C(C)(C)C)c3ccccn3)CC2)c1. The summed E-state index contributed by atoms with van der Waals surface area (Å²) in [4.78, 5) is 19.7. The minimum atomic E-state index is -0.417. The largest absolute Gasteiger partial charge is 0.497 e. The van der Waals surface area contributed by atoms with E-state index >= 15 is 0 Å². The molecule has 1 aliphatic rings. The molecule has 0 spiro atoms. The van der Waals surface area contributed by atoms with E-state index in [0.29, 0.717) is 5.92 Å². The molecule has 29 heavy (non-hydrogen) atoms. The molecule has 1 fully saturated rings. The van der Waals surface area contributed by atoms with Gasteiger partial charge in [-0.1, -0.05) is 39.0 Å². The number of benzene rings is 1. The van der Waals surface area contributed by atoms with Gasteiger partial charge in [0.05, 0.1) is 18.8 Å². The van der Waals surface area contributed by atoms with Crippen LogP contribution in [0.3, 0.4) is 0 Å². The van der Waals surface area contributed by atoms with Crippen molar-refractivity contribution in [2.24, 2.45) is 11.3 Å². The van der Waals surface area contributed by atoms with Crippen molar-refractivity contribution in [1.82, 2.24) is 15.2 Å². The van der Waals surface area contributed by atoms with Crippen LogP contribution in [-0.2, 0) is 11.3 Å². The number of rotatable bonds is 6. The normalized spacial score (nSPS) is 17.0. The number of hydrogen-bond acceptors (Lipinski definition) is 4. The van der Waals surface area contributed by atoms with Crippen molar-refractivity contribution >= 4 is 5.91 Å². The van der Waals surface area contributed by atoms with Crippen LogP contribution in [0.1, 0.15) is 50.9 Å². The van der Waals surface area contributed by atoms with Gasteiger partial charge in [0.2, 0.25) is 5.91 Å². The highest BCUT2D eigenvalue weighted by atomic mass is 16.5. The number of nitrogens with zero attached hydrogens (tertiary/aromatic N) is 2. The van der Waals surface area contributed by atoms with Crippen molar-refractivity contribution in [2.75, 3.05) is 20.2 Å². The number of hydrogen-bond donors (Lipinski definition) is 1. The van der Waals surface area contributed by atoms with Crippen LogP contribution in [0.5, 0.6) is 5.75 Å². The molecule has 1 atom stereocenters. The third kappa shape index (κ3) is 5.80. The molecule has 3 rings (SSSR count). The van der Waals surface area contributed by atoms with Gasteiger partial charge in [-0.25, -0.2) is 0 Å². The van der Waals surface area contributed by atoms with Gasteiger partial charge >= 0.3 is 0 Å². The fraction of sp³-hybridized carbons (Fsp3) is 0.500. The van der Waals surface area contributed by atoms with Crippen molar-refractivity contribution < 1.29 is 9.53 Å². The van der Waals surface area contributed by atoms with E-state index in [9.17, 15) is 4.79 Å². The molecule has 1 aromatic carbocycles. The smallest absolute Gasteiger partial charge is 0.225 e. The molecule has 5 nitrogen and oxygen atoms in total. The van der Waals surface area contributed by atoms with Crippen LogP contribution in [0.4, 0.5) is 0 Å². The maximum atomic E-state index is 12.7. The molecule has 1 amide bonds. The van der Waals surface area contributed by atoms with Crippen LogP contribution < -0.4 is 10.1 Å². The highest BCUT2D eigenvalue weighted by Gasteiger charge is 2.32. The zero-order chi connectivity index (χ0) is 20.9. The van der Waals surface area contributed by atoms with Crippen LogP contribution in [0.2, 0.25) is 0 Å². The Kier molecular flexibility index (Phi) is 6.91. The lowest BCUT2D eigenvalue weighted by Gasteiger charge is -2.37. The number of carbonyl (C=O) groups is 1. The molecule has 1 saturated heterocycles. The van der Waals surface area contributed by atoms with E-state index in [1.807, 2.05) is 57.3 Å². The Morgan fingerprint density at radius 2 is 1.97 bits per heavy atom. The van der Waals surface area contributed by atoms with Gasteiger partial charge in [-0.3, -0.25) is 14.7 Å². The molecule has 1 aromatic heterocycles. The Hall–Kier alpha value is -2.40. The minimum Gasteiger partial charge on any atom is -0.497 e. The predicted octanol–water partition coefficient (Wildman–Crippen LogP) is 4.21. The van der Waals surface area contributed by atoms with E-state index in [2.05, 4.69) is 27.3 Å². The second-order valence-corrected chi connectivity index (χ2v) is 8.92. The second kappa shape index (κ2) is 9.40. The number of aromatic nitrogens is 1. The first kappa shape index (κ1) is 21.3. The number of piperidine rings is 1. The summed E-state index contributed by atoms with van der Waals surface area (Å²) in [6.07, 6.45) is 3.88. The van der Waals surface area contributed by atoms with Crippen LogP contribution in [0.25, 0.3) is 0 Å². The van der Waals surface area contributed by atoms with Gasteiger partial charge in [0, 0.05) is 18.2 Å². The lowest BCUT2D eigenvalue weighted by molar-refractivity contribution is -0.129. The Balaban J connectivity index is 1.65. The van der Waals surface area contributed by atoms with Gasteiger partial charge in [0.1, 0.15) is 5.75 Å². The van der Waals surface area contributed by atoms with Crippen molar-refractivity contribution in [3.63, 3.8) is 0 Å². The van der Waals surface area contributed by atoms with Crippen molar-refractivity contribution in [1.29, 1.82) is 0 Å². The van der Waals surface area contributed by atoms with E-state index < -0.39 is 5.41 Å². The van der Waals surface area contributed by atoms with Gasteiger partial charge < -0.3 is 10.1 Å². The lowest BCUT2D eigenvalue weighted by Crippen LogP contribution is -2.44. The molecule has 1 N–H and O–H groups in total. The number of likely N-dealkylation sites (tertiary alicyclic amines) is 1. The highest BCUT2D eigenvalue weighted by molar-refractivity contribution is 5.81. The standard InChI is InChI=1S/C24H33N3O2/c1-24(2,3)23(28)26-22(21-10-5-6-13-25-21)19-11-14-27(15-12-19)17-18-8-7-9-20(16-18)29-4/h5-10,13,16,19,22H,11-12,14-15,17H2,1-4H3,(H,26,28)/t22-/m1/s1. The molecule has 0 bridgehead atoms. The van der Waals surface area contributed by atoms with Crippen molar-refractivity contribution in [3.8, 4) is 5.75 Å². The number of pyridine rings is 1. The van der Waals surface area contributed by atoms with Gasteiger partial charge in [0.25, 0.3) is 0 Å². The maximum absolute atomic E-state index is 12.7. The van der Waals surface area contributed by atoms with Crippen LogP contribution >= 0.6 is 0 Å². The average Bonchev–Trinajstić information content (AvgIpc) is 2.72. The molecule has 156 valence electrons. The molecular weight excluding hydrogens is 362 g/mol. The number of ether oxygens (including phenoxy) is 1. The average molecular weight is 396 g/mol. The Bertz CT molecular complexity index is 793. The Morgan fingerprint density at radius 3 is 2.59 bits per heavy atom. The molecule has 5 heteroatoms. The first-order valence-electron chi connectivity index (χ1n) is 10.4. The second-order valence-electron chi connectivity index (χ2n) is 8.92. The number of carbonyl (C=O) groups excluding carboxylic acids is 1. The lowest BCUT2D eigenvalue weighted by atomic mass is 9.85. The fourth-order valence-corrected chi connectivity index (χ4v) is 3.82. The predicted molar refractivity (Wildman–Crippen MR) is 116 cm³/mol. The van der Waals surface area contributed by atoms with E-state index in [0.717, 1.165) is 43.9 Å². The zero-order valence-corrected chi connectivity index (χ0v) is 18.0.